The second kappa shape index (κ2) is 23.3. The van der Waals surface area contributed by atoms with Crippen molar-refractivity contribution in [3.05, 3.63) is 70.3 Å². The lowest BCUT2D eigenvalue weighted by Gasteiger charge is -2.29. The van der Waals surface area contributed by atoms with Gasteiger partial charge < -0.3 is 19.3 Å². The van der Waals surface area contributed by atoms with Crippen LogP contribution in [0.25, 0.3) is 0 Å². The SMILES string of the molecule is C=CC(=O)Oc1c(C(C)c2cc(CCC(=O)OCCCCCCCC)cc(C(C)(C)C)c2O)cc(CCC(=O)OCCCCCCCC)cc1C(C)(C)C. The van der Waals surface area contributed by atoms with Crippen molar-refractivity contribution in [1.29, 1.82) is 0 Å². The number of ether oxygens (including phenoxy) is 3. The minimum absolute atomic E-state index is 0.173. The van der Waals surface area contributed by atoms with Crippen LogP contribution in [0.1, 0.15) is 192 Å². The van der Waals surface area contributed by atoms with Gasteiger partial charge in [0.05, 0.1) is 13.2 Å². The summed E-state index contributed by atoms with van der Waals surface area (Å²) in [5.74, 6) is -0.855. The van der Waals surface area contributed by atoms with E-state index in [1.807, 2.05) is 31.2 Å². The third-order valence-corrected chi connectivity index (χ3v) is 10.1. The molecule has 0 saturated carbocycles. The Labute approximate surface area is 327 Å². The van der Waals surface area contributed by atoms with Crippen molar-refractivity contribution in [3.63, 3.8) is 0 Å². The molecule has 0 bridgehead atoms. The van der Waals surface area contributed by atoms with Crippen molar-refractivity contribution in [2.24, 2.45) is 0 Å². The molecule has 1 atom stereocenters. The maximum Gasteiger partial charge on any atom is 0.335 e. The molecule has 0 aliphatic rings. The second-order valence-corrected chi connectivity index (χ2v) is 17.0. The van der Waals surface area contributed by atoms with Crippen molar-refractivity contribution in [3.8, 4) is 11.5 Å². The Hall–Kier alpha value is -3.61. The fraction of sp³-hybridized carbons (Fsp3) is 0.638. The molecule has 7 heteroatoms. The van der Waals surface area contributed by atoms with Crippen molar-refractivity contribution < 1.29 is 33.7 Å². The molecular formula is C47H72O7. The first-order valence-corrected chi connectivity index (χ1v) is 20.7. The number of rotatable bonds is 24. The number of benzene rings is 2. The van der Waals surface area contributed by atoms with Gasteiger partial charge in [-0.2, -0.15) is 0 Å². The average molecular weight is 749 g/mol. The Morgan fingerprint density at radius 2 is 1.09 bits per heavy atom. The molecular weight excluding hydrogens is 677 g/mol. The fourth-order valence-electron chi connectivity index (χ4n) is 6.70. The van der Waals surface area contributed by atoms with Crippen LogP contribution in [0.4, 0.5) is 0 Å². The monoisotopic (exact) mass is 749 g/mol. The molecule has 0 aliphatic heterocycles. The van der Waals surface area contributed by atoms with Gasteiger partial charge in [-0.25, -0.2) is 4.79 Å². The van der Waals surface area contributed by atoms with Gasteiger partial charge in [-0.05, 0) is 53.2 Å². The van der Waals surface area contributed by atoms with E-state index in [1.54, 1.807) is 0 Å². The van der Waals surface area contributed by atoms with E-state index in [0.717, 1.165) is 72.4 Å². The molecule has 54 heavy (non-hydrogen) atoms. The zero-order valence-corrected chi connectivity index (χ0v) is 35.3. The summed E-state index contributed by atoms with van der Waals surface area (Å²) in [7, 11) is 0. The first kappa shape index (κ1) is 46.5. The number of aryl methyl sites for hydroxylation is 2. The van der Waals surface area contributed by atoms with Gasteiger partial charge in [0.15, 0.2) is 0 Å². The number of aromatic hydroxyl groups is 1. The van der Waals surface area contributed by atoms with Crippen molar-refractivity contribution >= 4 is 17.9 Å². The minimum Gasteiger partial charge on any atom is -0.507 e. The fourth-order valence-corrected chi connectivity index (χ4v) is 6.70. The molecule has 0 radical (unpaired) electrons. The molecule has 2 aromatic carbocycles. The molecule has 302 valence electrons. The first-order chi connectivity index (χ1) is 25.5. The lowest BCUT2D eigenvalue weighted by Crippen LogP contribution is -2.19. The topological polar surface area (TPSA) is 99.1 Å². The van der Waals surface area contributed by atoms with E-state index in [9.17, 15) is 19.5 Å². The molecule has 0 aromatic heterocycles. The third kappa shape index (κ3) is 16.0. The number of phenols is 1. The van der Waals surface area contributed by atoms with Crippen molar-refractivity contribution in [1.82, 2.24) is 0 Å². The molecule has 1 unspecified atom stereocenters. The van der Waals surface area contributed by atoms with Crippen LogP contribution in [0, 0.1) is 0 Å². The van der Waals surface area contributed by atoms with Gasteiger partial charge in [-0.3, -0.25) is 9.59 Å². The Morgan fingerprint density at radius 1 is 0.667 bits per heavy atom. The first-order valence-electron chi connectivity index (χ1n) is 20.7. The van der Waals surface area contributed by atoms with Gasteiger partial charge in [0.25, 0.3) is 0 Å². The molecule has 2 aromatic rings. The van der Waals surface area contributed by atoms with E-state index in [2.05, 4.69) is 62.0 Å². The highest BCUT2D eigenvalue weighted by Gasteiger charge is 2.30. The summed E-state index contributed by atoms with van der Waals surface area (Å²) in [5.41, 5.74) is 4.00. The molecule has 0 aliphatic carbocycles. The van der Waals surface area contributed by atoms with Crippen molar-refractivity contribution in [2.45, 2.75) is 182 Å². The maximum absolute atomic E-state index is 12.8. The number of phenolic OH excluding ortho intramolecular Hbond substituents is 1. The standard InChI is InChI=1S/C47H72O7/c1-11-14-16-18-20-22-28-52-42(49)26-24-35-30-37(44(51)39(32-35)46(5,6)7)34(4)38-31-36(25-27-43(50)53-29-23-21-19-17-15-12-2)33-40(47(8,9)10)45(38)54-41(48)13-3/h13,30-34,51H,3,11-12,14-29H2,1-2,4-10H3. The normalized spacial score (nSPS) is 12.3. The quantitative estimate of drug-likeness (QED) is 0.0494. The smallest absolute Gasteiger partial charge is 0.335 e. The van der Waals surface area contributed by atoms with E-state index in [0.29, 0.717) is 37.4 Å². The molecule has 0 heterocycles. The van der Waals surface area contributed by atoms with Crippen LogP contribution in [0.2, 0.25) is 0 Å². The lowest BCUT2D eigenvalue weighted by molar-refractivity contribution is -0.144. The molecule has 1 N–H and O–H groups in total. The van der Waals surface area contributed by atoms with Crippen LogP contribution in [0.15, 0.2) is 36.9 Å². The third-order valence-electron chi connectivity index (χ3n) is 10.1. The molecule has 7 nitrogen and oxygen atoms in total. The molecule has 0 fully saturated rings. The Balaban J connectivity index is 2.44. The van der Waals surface area contributed by atoms with Gasteiger partial charge in [0.2, 0.25) is 0 Å². The zero-order valence-electron chi connectivity index (χ0n) is 35.3. The van der Waals surface area contributed by atoms with E-state index in [1.165, 1.54) is 38.5 Å². The van der Waals surface area contributed by atoms with Crippen LogP contribution in [0.5, 0.6) is 11.5 Å². The van der Waals surface area contributed by atoms with Gasteiger partial charge in [-0.15, -0.1) is 0 Å². The van der Waals surface area contributed by atoms with Gasteiger partial charge in [0.1, 0.15) is 11.5 Å². The molecule has 0 spiro atoms. The second-order valence-electron chi connectivity index (χ2n) is 17.0. The summed E-state index contributed by atoms with van der Waals surface area (Å²) >= 11 is 0. The van der Waals surface area contributed by atoms with E-state index in [-0.39, 0.29) is 35.9 Å². The zero-order chi connectivity index (χ0) is 40.3. The number of carbonyl (C=O) groups is 3. The minimum atomic E-state index is -0.576. The Bertz CT molecular complexity index is 1490. The van der Waals surface area contributed by atoms with Crippen LogP contribution < -0.4 is 4.74 Å². The predicted molar refractivity (Wildman–Crippen MR) is 221 cm³/mol. The Morgan fingerprint density at radius 3 is 1.54 bits per heavy atom. The summed E-state index contributed by atoms with van der Waals surface area (Å²) in [5, 5.41) is 11.9. The van der Waals surface area contributed by atoms with Gasteiger partial charge in [-0.1, -0.05) is 157 Å². The number of hydrogen-bond acceptors (Lipinski definition) is 7. The lowest BCUT2D eigenvalue weighted by atomic mass is 9.78. The number of esters is 3. The van der Waals surface area contributed by atoms with E-state index < -0.39 is 17.3 Å². The summed E-state index contributed by atoms with van der Waals surface area (Å²) in [6.45, 7) is 23.2. The summed E-state index contributed by atoms with van der Waals surface area (Å²) in [6.07, 6.45) is 16.0. The number of unbranched alkanes of at least 4 members (excludes halogenated alkanes) is 10. The van der Waals surface area contributed by atoms with E-state index in [4.69, 9.17) is 14.2 Å². The average Bonchev–Trinajstić information content (AvgIpc) is 3.11. The Kier molecular flexibility index (Phi) is 20.1. The van der Waals surface area contributed by atoms with Crippen LogP contribution in [-0.4, -0.2) is 36.2 Å². The summed E-state index contributed by atoms with van der Waals surface area (Å²) in [6, 6.07) is 7.93. The van der Waals surface area contributed by atoms with Crippen molar-refractivity contribution in [2.75, 3.05) is 13.2 Å². The number of hydrogen-bond donors (Lipinski definition) is 1. The number of carbonyl (C=O) groups excluding carboxylic acids is 3. The predicted octanol–water partition coefficient (Wildman–Crippen LogP) is 11.9. The largest absolute Gasteiger partial charge is 0.507 e. The molecule has 0 amide bonds. The highest BCUT2D eigenvalue weighted by atomic mass is 16.5. The summed E-state index contributed by atoms with van der Waals surface area (Å²) < 4.78 is 17.2. The van der Waals surface area contributed by atoms with E-state index >= 15 is 0 Å². The molecule has 2 rings (SSSR count). The van der Waals surface area contributed by atoms with Gasteiger partial charge >= 0.3 is 17.9 Å². The highest BCUT2D eigenvalue weighted by molar-refractivity contribution is 5.84. The van der Waals surface area contributed by atoms with Crippen LogP contribution in [0.3, 0.4) is 0 Å². The highest BCUT2D eigenvalue weighted by Crippen LogP contribution is 2.45. The molecule has 0 saturated heterocycles. The van der Waals surface area contributed by atoms with Crippen LogP contribution >= 0.6 is 0 Å². The van der Waals surface area contributed by atoms with Gasteiger partial charge in [0, 0.05) is 41.5 Å². The van der Waals surface area contributed by atoms with Crippen LogP contribution in [-0.2, 0) is 47.5 Å². The maximum atomic E-state index is 12.8. The summed E-state index contributed by atoms with van der Waals surface area (Å²) in [4.78, 5) is 38.3.